The Kier molecular flexibility index (Phi) is 4.04. The van der Waals surface area contributed by atoms with Crippen LogP contribution < -0.4 is 0 Å². The molecule has 88 valence electrons. The van der Waals surface area contributed by atoms with E-state index in [9.17, 15) is 5.11 Å². The first-order chi connectivity index (χ1) is 7.29. The van der Waals surface area contributed by atoms with Gasteiger partial charge < -0.3 is 10.0 Å². The van der Waals surface area contributed by atoms with Crippen molar-refractivity contribution in [3.05, 3.63) is 0 Å². The maximum atomic E-state index is 9.79. The minimum atomic E-state index is -0.00565. The maximum Gasteiger partial charge on any atom is 0.0580 e. The summed E-state index contributed by atoms with van der Waals surface area (Å²) in [6, 6.07) is 0. The standard InChI is InChI=1S/C13H25NO/c1-2-11-6-8-14(9-7-11)10-12-4-3-5-13(12)15/h11-13,15H,2-10H2,1H3. The Morgan fingerprint density at radius 2 is 1.87 bits per heavy atom. The molecule has 2 rings (SSSR count). The Labute approximate surface area is 93.7 Å². The molecule has 1 N–H and O–H groups in total. The zero-order valence-corrected chi connectivity index (χ0v) is 9.99. The summed E-state index contributed by atoms with van der Waals surface area (Å²) in [6.07, 6.45) is 7.61. The molecular formula is C13H25NO. The highest BCUT2D eigenvalue weighted by Gasteiger charge is 2.28. The summed E-state index contributed by atoms with van der Waals surface area (Å²) in [5, 5.41) is 9.79. The van der Waals surface area contributed by atoms with Crippen LogP contribution in [0.4, 0.5) is 0 Å². The van der Waals surface area contributed by atoms with Gasteiger partial charge in [-0.25, -0.2) is 0 Å². The molecule has 1 heterocycles. The van der Waals surface area contributed by atoms with Gasteiger partial charge in [0, 0.05) is 6.54 Å². The van der Waals surface area contributed by atoms with Gasteiger partial charge in [0.15, 0.2) is 0 Å². The van der Waals surface area contributed by atoms with Crippen LogP contribution in [0.25, 0.3) is 0 Å². The van der Waals surface area contributed by atoms with Gasteiger partial charge in [0.25, 0.3) is 0 Å². The Hall–Kier alpha value is -0.0800. The first kappa shape index (κ1) is 11.4. The molecule has 0 aromatic rings. The lowest BCUT2D eigenvalue weighted by Crippen LogP contribution is -2.38. The highest BCUT2D eigenvalue weighted by atomic mass is 16.3. The number of hydrogen-bond acceptors (Lipinski definition) is 2. The predicted molar refractivity (Wildman–Crippen MR) is 62.8 cm³/mol. The van der Waals surface area contributed by atoms with Crippen molar-refractivity contribution in [2.45, 2.75) is 51.6 Å². The van der Waals surface area contributed by atoms with Gasteiger partial charge in [0.2, 0.25) is 0 Å². The number of hydrogen-bond donors (Lipinski definition) is 1. The summed E-state index contributed by atoms with van der Waals surface area (Å²) in [5.74, 6) is 1.54. The highest BCUT2D eigenvalue weighted by molar-refractivity contribution is 4.81. The summed E-state index contributed by atoms with van der Waals surface area (Å²) in [6.45, 7) is 5.99. The van der Waals surface area contributed by atoms with E-state index in [-0.39, 0.29) is 6.10 Å². The van der Waals surface area contributed by atoms with Crippen LogP contribution >= 0.6 is 0 Å². The van der Waals surface area contributed by atoms with Crippen LogP contribution in [-0.4, -0.2) is 35.7 Å². The molecule has 0 aromatic heterocycles. The molecule has 1 saturated heterocycles. The molecule has 0 radical (unpaired) electrons. The Bertz CT molecular complexity index is 187. The van der Waals surface area contributed by atoms with E-state index in [4.69, 9.17) is 0 Å². The average molecular weight is 211 g/mol. The van der Waals surface area contributed by atoms with Crippen LogP contribution in [0.1, 0.15) is 45.4 Å². The first-order valence-corrected chi connectivity index (χ1v) is 6.70. The molecule has 2 unspecified atom stereocenters. The van der Waals surface area contributed by atoms with Gasteiger partial charge in [-0.3, -0.25) is 0 Å². The molecule has 15 heavy (non-hydrogen) atoms. The SMILES string of the molecule is CCC1CCN(CC2CCCC2O)CC1. The third kappa shape index (κ3) is 2.94. The third-order valence-electron chi connectivity index (χ3n) is 4.40. The highest BCUT2D eigenvalue weighted by Crippen LogP contribution is 2.28. The van der Waals surface area contributed by atoms with Gasteiger partial charge in [-0.1, -0.05) is 19.8 Å². The number of aliphatic hydroxyl groups is 1. The molecule has 2 heteroatoms. The fourth-order valence-corrected chi connectivity index (χ4v) is 3.14. The quantitative estimate of drug-likeness (QED) is 0.774. The number of rotatable bonds is 3. The zero-order valence-electron chi connectivity index (χ0n) is 9.99. The summed E-state index contributed by atoms with van der Waals surface area (Å²) in [4.78, 5) is 2.57. The molecular weight excluding hydrogens is 186 g/mol. The fraction of sp³-hybridized carbons (Fsp3) is 1.00. The minimum Gasteiger partial charge on any atom is -0.393 e. The largest absolute Gasteiger partial charge is 0.393 e. The summed E-state index contributed by atoms with van der Waals surface area (Å²) in [5.41, 5.74) is 0. The topological polar surface area (TPSA) is 23.5 Å². The summed E-state index contributed by atoms with van der Waals surface area (Å²) >= 11 is 0. The number of piperidine rings is 1. The van der Waals surface area contributed by atoms with E-state index in [1.807, 2.05) is 0 Å². The van der Waals surface area contributed by atoms with Crippen molar-refractivity contribution >= 4 is 0 Å². The second kappa shape index (κ2) is 5.31. The van der Waals surface area contributed by atoms with Gasteiger partial charge in [-0.05, 0) is 50.6 Å². The van der Waals surface area contributed by atoms with Crippen molar-refractivity contribution in [3.8, 4) is 0 Å². The Morgan fingerprint density at radius 1 is 1.13 bits per heavy atom. The van der Waals surface area contributed by atoms with Crippen LogP contribution in [0.15, 0.2) is 0 Å². The molecule has 2 nitrogen and oxygen atoms in total. The van der Waals surface area contributed by atoms with Crippen LogP contribution in [-0.2, 0) is 0 Å². The summed E-state index contributed by atoms with van der Waals surface area (Å²) in [7, 11) is 0. The second-order valence-corrected chi connectivity index (χ2v) is 5.41. The molecule has 1 aliphatic heterocycles. The molecule has 2 atom stereocenters. The predicted octanol–water partition coefficient (Wildman–Crippen LogP) is 2.27. The van der Waals surface area contributed by atoms with Crippen LogP contribution in [0.3, 0.4) is 0 Å². The molecule has 0 bridgehead atoms. The van der Waals surface area contributed by atoms with E-state index in [1.165, 1.54) is 45.2 Å². The lowest BCUT2D eigenvalue weighted by atomic mass is 9.93. The summed E-state index contributed by atoms with van der Waals surface area (Å²) < 4.78 is 0. The van der Waals surface area contributed by atoms with Gasteiger partial charge in [-0.2, -0.15) is 0 Å². The van der Waals surface area contributed by atoms with E-state index in [1.54, 1.807) is 0 Å². The van der Waals surface area contributed by atoms with Crippen LogP contribution in [0.5, 0.6) is 0 Å². The first-order valence-electron chi connectivity index (χ1n) is 6.70. The minimum absolute atomic E-state index is 0.00565. The van der Waals surface area contributed by atoms with Crippen molar-refractivity contribution in [1.29, 1.82) is 0 Å². The maximum absolute atomic E-state index is 9.79. The average Bonchev–Trinajstić information content (AvgIpc) is 2.66. The molecule has 2 aliphatic rings. The van der Waals surface area contributed by atoms with Crippen molar-refractivity contribution in [3.63, 3.8) is 0 Å². The van der Waals surface area contributed by atoms with Crippen LogP contribution in [0.2, 0.25) is 0 Å². The Morgan fingerprint density at radius 3 is 2.40 bits per heavy atom. The number of likely N-dealkylation sites (tertiary alicyclic amines) is 1. The van der Waals surface area contributed by atoms with Gasteiger partial charge in [0.1, 0.15) is 0 Å². The second-order valence-electron chi connectivity index (χ2n) is 5.41. The number of nitrogens with zero attached hydrogens (tertiary/aromatic N) is 1. The molecule has 1 aliphatic carbocycles. The monoisotopic (exact) mass is 211 g/mol. The number of aliphatic hydroxyl groups excluding tert-OH is 1. The fourth-order valence-electron chi connectivity index (χ4n) is 3.14. The molecule has 0 aromatic carbocycles. The van der Waals surface area contributed by atoms with E-state index in [0.717, 1.165) is 18.9 Å². The van der Waals surface area contributed by atoms with E-state index in [0.29, 0.717) is 5.92 Å². The van der Waals surface area contributed by atoms with Crippen molar-refractivity contribution in [2.24, 2.45) is 11.8 Å². The normalized spacial score (nSPS) is 34.8. The smallest absolute Gasteiger partial charge is 0.0580 e. The third-order valence-corrected chi connectivity index (χ3v) is 4.40. The molecule has 2 fully saturated rings. The molecule has 1 saturated carbocycles. The van der Waals surface area contributed by atoms with E-state index in [2.05, 4.69) is 11.8 Å². The van der Waals surface area contributed by atoms with Crippen molar-refractivity contribution in [2.75, 3.05) is 19.6 Å². The van der Waals surface area contributed by atoms with Crippen molar-refractivity contribution < 1.29 is 5.11 Å². The lowest BCUT2D eigenvalue weighted by molar-refractivity contribution is 0.0864. The van der Waals surface area contributed by atoms with Gasteiger partial charge in [0.05, 0.1) is 6.10 Å². The zero-order chi connectivity index (χ0) is 10.7. The molecule has 0 spiro atoms. The van der Waals surface area contributed by atoms with Crippen molar-refractivity contribution in [1.82, 2.24) is 4.90 Å². The van der Waals surface area contributed by atoms with E-state index >= 15 is 0 Å². The van der Waals surface area contributed by atoms with E-state index < -0.39 is 0 Å². The van der Waals surface area contributed by atoms with Gasteiger partial charge >= 0.3 is 0 Å². The van der Waals surface area contributed by atoms with Crippen LogP contribution in [0, 0.1) is 11.8 Å². The Balaban J connectivity index is 1.72. The van der Waals surface area contributed by atoms with Gasteiger partial charge in [-0.15, -0.1) is 0 Å². The lowest BCUT2D eigenvalue weighted by Gasteiger charge is -2.33. The molecule has 0 amide bonds.